The molecule has 20 heavy (non-hydrogen) atoms. The lowest BCUT2D eigenvalue weighted by Gasteiger charge is -2.10. The average molecular weight is 265 g/mol. The first-order valence-electron chi connectivity index (χ1n) is 6.71. The number of rotatable bonds is 3. The van der Waals surface area contributed by atoms with E-state index in [1.807, 2.05) is 18.2 Å². The minimum Gasteiger partial charge on any atom is -0.381 e. The summed E-state index contributed by atoms with van der Waals surface area (Å²) in [5, 5.41) is 5.74. The highest BCUT2D eigenvalue weighted by molar-refractivity contribution is 5.85. The minimum absolute atomic E-state index is 0.173. The van der Waals surface area contributed by atoms with Gasteiger partial charge >= 0.3 is 0 Å². The van der Waals surface area contributed by atoms with Crippen LogP contribution in [-0.4, -0.2) is 0 Å². The highest BCUT2D eigenvalue weighted by atomic mass is 19.1. The topological polar surface area (TPSA) is 12.0 Å². The first-order valence-corrected chi connectivity index (χ1v) is 6.71. The van der Waals surface area contributed by atoms with Gasteiger partial charge < -0.3 is 5.32 Å². The van der Waals surface area contributed by atoms with Crippen LogP contribution in [0.15, 0.2) is 60.7 Å². The Kier molecular flexibility index (Phi) is 3.38. The summed E-state index contributed by atoms with van der Waals surface area (Å²) in [6.45, 7) is 2.45. The first kappa shape index (κ1) is 12.7. The van der Waals surface area contributed by atoms with Gasteiger partial charge in [-0.1, -0.05) is 48.5 Å². The molecular weight excluding hydrogens is 249 g/mol. The minimum atomic E-state index is -0.173. The maximum Gasteiger partial charge on any atom is 0.128 e. The van der Waals surface area contributed by atoms with Gasteiger partial charge in [0.05, 0.1) is 0 Å². The Labute approximate surface area is 118 Å². The maximum absolute atomic E-state index is 13.5. The summed E-state index contributed by atoms with van der Waals surface area (Å²) in [5.41, 5.74) is 2.69. The molecule has 0 saturated heterocycles. The van der Waals surface area contributed by atoms with Gasteiger partial charge in [0.2, 0.25) is 0 Å². The molecule has 0 aliphatic rings. The largest absolute Gasteiger partial charge is 0.381 e. The van der Waals surface area contributed by atoms with Crippen LogP contribution in [0, 0.1) is 12.7 Å². The van der Waals surface area contributed by atoms with E-state index >= 15 is 0 Å². The molecule has 100 valence electrons. The second-order valence-corrected chi connectivity index (χ2v) is 4.96. The molecule has 2 heteroatoms. The summed E-state index contributed by atoms with van der Waals surface area (Å²) < 4.78 is 13.5. The van der Waals surface area contributed by atoms with Crippen molar-refractivity contribution in [2.75, 3.05) is 5.32 Å². The summed E-state index contributed by atoms with van der Waals surface area (Å²) in [7, 11) is 0. The van der Waals surface area contributed by atoms with E-state index in [0.717, 1.165) is 5.69 Å². The molecule has 0 aliphatic heterocycles. The van der Waals surface area contributed by atoms with Crippen LogP contribution in [0.4, 0.5) is 10.1 Å². The summed E-state index contributed by atoms with van der Waals surface area (Å²) in [6.07, 6.45) is 0. The molecule has 3 aromatic carbocycles. The van der Waals surface area contributed by atoms with Gasteiger partial charge in [0.25, 0.3) is 0 Å². The van der Waals surface area contributed by atoms with Crippen LogP contribution in [-0.2, 0) is 6.54 Å². The predicted molar refractivity (Wildman–Crippen MR) is 82.4 cm³/mol. The van der Waals surface area contributed by atoms with E-state index < -0.39 is 0 Å². The van der Waals surface area contributed by atoms with Crippen molar-refractivity contribution < 1.29 is 4.39 Å². The van der Waals surface area contributed by atoms with Crippen LogP contribution in [0.3, 0.4) is 0 Å². The Balaban J connectivity index is 1.85. The standard InChI is InChI=1S/C18H16FN/c1-13-9-10-16(11-18(13)19)20-12-15-7-4-6-14-5-2-3-8-17(14)15/h2-11,20H,12H2,1H3. The molecule has 1 N–H and O–H groups in total. The lowest BCUT2D eigenvalue weighted by molar-refractivity contribution is 0.619. The quantitative estimate of drug-likeness (QED) is 0.710. The average Bonchev–Trinajstić information content (AvgIpc) is 2.48. The van der Waals surface area contributed by atoms with Gasteiger partial charge in [-0.2, -0.15) is 0 Å². The molecule has 0 radical (unpaired) electrons. The first-order chi connectivity index (χ1) is 9.74. The van der Waals surface area contributed by atoms with E-state index in [1.54, 1.807) is 19.1 Å². The van der Waals surface area contributed by atoms with Crippen LogP contribution >= 0.6 is 0 Å². The van der Waals surface area contributed by atoms with Crippen molar-refractivity contribution in [2.45, 2.75) is 13.5 Å². The Morgan fingerprint density at radius 1 is 0.950 bits per heavy atom. The molecule has 1 nitrogen and oxygen atoms in total. The fourth-order valence-corrected chi connectivity index (χ4v) is 2.35. The lowest BCUT2D eigenvalue weighted by Crippen LogP contribution is -2.00. The number of anilines is 1. The Morgan fingerprint density at radius 2 is 1.75 bits per heavy atom. The third-order valence-corrected chi connectivity index (χ3v) is 3.53. The van der Waals surface area contributed by atoms with Crippen molar-refractivity contribution in [1.82, 2.24) is 0 Å². The van der Waals surface area contributed by atoms with Gasteiger partial charge in [0.1, 0.15) is 5.82 Å². The van der Waals surface area contributed by atoms with Crippen LogP contribution in [0.25, 0.3) is 10.8 Å². The number of fused-ring (bicyclic) bond motifs is 1. The van der Waals surface area contributed by atoms with E-state index in [2.05, 4.69) is 35.6 Å². The van der Waals surface area contributed by atoms with Gasteiger partial charge in [-0.05, 0) is 41.0 Å². The Bertz CT molecular complexity index is 744. The third-order valence-electron chi connectivity index (χ3n) is 3.53. The maximum atomic E-state index is 13.5. The lowest BCUT2D eigenvalue weighted by atomic mass is 10.0. The van der Waals surface area contributed by atoms with Gasteiger partial charge in [-0.25, -0.2) is 4.39 Å². The van der Waals surface area contributed by atoms with Crippen molar-refractivity contribution >= 4 is 16.5 Å². The number of halogens is 1. The van der Waals surface area contributed by atoms with Crippen LogP contribution < -0.4 is 5.32 Å². The fourth-order valence-electron chi connectivity index (χ4n) is 2.35. The molecule has 0 spiro atoms. The zero-order valence-electron chi connectivity index (χ0n) is 11.4. The van der Waals surface area contributed by atoms with Crippen molar-refractivity contribution in [2.24, 2.45) is 0 Å². The summed E-state index contributed by atoms with van der Waals surface area (Å²) in [6, 6.07) is 19.8. The van der Waals surface area contributed by atoms with Gasteiger partial charge in [-0.15, -0.1) is 0 Å². The number of nitrogens with one attached hydrogen (secondary N) is 1. The molecule has 0 heterocycles. The van der Waals surface area contributed by atoms with E-state index in [0.29, 0.717) is 12.1 Å². The van der Waals surface area contributed by atoms with Crippen LogP contribution in [0.2, 0.25) is 0 Å². The SMILES string of the molecule is Cc1ccc(NCc2cccc3ccccc23)cc1F. The van der Waals surface area contributed by atoms with Gasteiger partial charge in [0.15, 0.2) is 0 Å². The Morgan fingerprint density at radius 3 is 2.60 bits per heavy atom. The third kappa shape index (κ3) is 2.50. The van der Waals surface area contributed by atoms with E-state index in [1.165, 1.54) is 16.3 Å². The number of benzene rings is 3. The number of aryl methyl sites for hydroxylation is 1. The van der Waals surface area contributed by atoms with E-state index in [4.69, 9.17) is 0 Å². The second kappa shape index (κ2) is 5.33. The molecule has 0 saturated carbocycles. The molecule has 0 amide bonds. The zero-order valence-corrected chi connectivity index (χ0v) is 11.4. The van der Waals surface area contributed by atoms with Crippen molar-refractivity contribution in [3.8, 4) is 0 Å². The highest BCUT2D eigenvalue weighted by Gasteiger charge is 2.02. The fraction of sp³-hybridized carbons (Fsp3) is 0.111. The summed E-state index contributed by atoms with van der Waals surface area (Å²) in [5.74, 6) is -0.173. The molecular formula is C18H16FN. The molecule has 0 unspecified atom stereocenters. The molecule has 0 bridgehead atoms. The normalized spacial score (nSPS) is 10.7. The molecule has 0 fully saturated rings. The Hall–Kier alpha value is -2.35. The second-order valence-electron chi connectivity index (χ2n) is 4.96. The van der Waals surface area contributed by atoms with E-state index in [-0.39, 0.29) is 5.82 Å². The molecule has 0 aromatic heterocycles. The van der Waals surface area contributed by atoms with Crippen molar-refractivity contribution in [3.63, 3.8) is 0 Å². The van der Waals surface area contributed by atoms with Crippen LogP contribution in [0.5, 0.6) is 0 Å². The smallest absolute Gasteiger partial charge is 0.128 e. The zero-order chi connectivity index (χ0) is 13.9. The van der Waals surface area contributed by atoms with Crippen molar-refractivity contribution in [3.05, 3.63) is 77.6 Å². The highest BCUT2D eigenvalue weighted by Crippen LogP contribution is 2.20. The number of hydrogen-bond donors (Lipinski definition) is 1. The molecule has 3 rings (SSSR count). The predicted octanol–water partition coefficient (Wildman–Crippen LogP) is 4.90. The summed E-state index contributed by atoms with van der Waals surface area (Å²) >= 11 is 0. The molecule has 0 aliphatic carbocycles. The van der Waals surface area contributed by atoms with Crippen molar-refractivity contribution in [1.29, 1.82) is 0 Å². The van der Waals surface area contributed by atoms with Gasteiger partial charge in [-0.3, -0.25) is 0 Å². The van der Waals surface area contributed by atoms with Crippen LogP contribution in [0.1, 0.15) is 11.1 Å². The molecule has 0 atom stereocenters. The van der Waals surface area contributed by atoms with Gasteiger partial charge in [0, 0.05) is 12.2 Å². The number of hydrogen-bond acceptors (Lipinski definition) is 1. The monoisotopic (exact) mass is 265 g/mol. The van der Waals surface area contributed by atoms with E-state index in [9.17, 15) is 4.39 Å². The summed E-state index contributed by atoms with van der Waals surface area (Å²) in [4.78, 5) is 0. The molecule has 3 aromatic rings.